The normalized spacial score (nSPS) is 10.1. The van der Waals surface area contributed by atoms with Crippen molar-refractivity contribution in [3.05, 3.63) is 90.3 Å². The van der Waals surface area contributed by atoms with Gasteiger partial charge in [0.05, 0.1) is 5.56 Å². The second kappa shape index (κ2) is 9.45. The van der Waals surface area contributed by atoms with Gasteiger partial charge in [0.25, 0.3) is 5.91 Å². The van der Waals surface area contributed by atoms with Crippen molar-refractivity contribution in [2.75, 3.05) is 6.54 Å². The lowest BCUT2D eigenvalue weighted by Gasteiger charge is -2.10. The standard InChI is InChI=1S/C21H19N3O2S/c25-20(17-7-5-12-22-15-17)24-21(27)23-13-11-16-6-4-10-19(14-16)26-18-8-2-1-3-9-18/h1-10,12,14-15H,11,13H2,(H2,23,24,25,27). The molecule has 1 heterocycles. The summed E-state index contributed by atoms with van der Waals surface area (Å²) in [7, 11) is 0. The van der Waals surface area contributed by atoms with Crippen molar-refractivity contribution in [3.8, 4) is 11.5 Å². The van der Waals surface area contributed by atoms with Crippen LogP contribution in [0.3, 0.4) is 0 Å². The third-order valence-corrected chi connectivity index (χ3v) is 3.97. The van der Waals surface area contributed by atoms with Crippen molar-refractivity contribution < 1.29 is 9.53 Å². The molecule has 0 radical (unpaired) electrons. The van der Waals surface area contributed by atoms with Crippen LogP contribution in [0.5, 0.6) is 11.5 Å². The van der Waals surface area contributed by atoms with E-state index in [1.165, 1.54) is 6.20 Å². The third kappa shape index (κ3) is 5.90. The van der Waals surface area contributed by atoms with Gasteiger partial charge in [-0.15, -0.1) is 0 Å². The molecule has 0 bridgehead atoms. The lowest BCUT2D eigenvalue weighted by molar-refractivity contribution is 0.0976. The molecule has 0 saturated heterocycles. The minimum absolute atomic E-state index is 0.279. The summed E-state index contributed by atoms with van der Waals surface area (Å²) in [4.78, 5) is 15.9. The number of pyridine rings is 1. The summed E-state index contributed by atoms with van der Waals surface area (Å²) in [6.45, 7) is 0.598. The summed E-state index contributed by atoms with van der Waals surface area (Å²) in [5.74, 6) is 1.30. The first-order valence-electron chi connectivity index (χ1n) is 8.52. The second-order valence-corrected chi connectivity index (χ2v) is 6.17. The number of carbonyl (C=O) groups is 1. The number of benzene rings is 2. The Kier molecular flexibility index (Phi) is 6.49. The second-order valence-electron chi connectivity index (χ2n) is 5.76. The predicted molar refractivity (Wildman–Crippen MR) is 109 cm³/mol. The van der Waals surface area contributed by atoms with Crippen LogP contribution >= 0.6 is 12.2 Å². The number of carbonyl (C=O) groups excluding carboxylic acids is 1. The highest BCUT2D eigenvalue weighted by Crippen LogP contribution is 2.21. The lowest BCUT2D eigenvalue weighted by atomic mass is 10.1. The van der Waals surface area contributed by atoms with Gasteiger partial charge in [-0.2, -0.15) is 0 Å². The summed E-state index contributed by atoms with van der Waals surface area (Å²) in [6, 6.07) is 20.9. The van der Waals surface area contributed by atoms with Crippen molar-refractivity contribution in [1.29, 1.82) is 0 Å². The summed E-state index contributed by atoms with van der Waals surface area (Å²) in [5, 5.41) is 5.97. The van der Waals surface area contributed by atoms with Gasteiger partial charge in [0.15, 0.2) is 5.11 Å². The fourth-order valence-electron chi connectivity index (χ4n) is 2.43. The monoisotopic (exact) mass is 377 g/mol. The number of thiocarbonyl (C=S) groups is 1. The van der Waals surface area contributed by atoms with Gasteiger partial charge >= 0.3 is 0 Å². The molecule has 0 aliphatic carbocycles. The van der Waals surface area contributed by atoms with E-state index in [-0.39, 0.29) is 5.91 Å². The summed E-state index contributed by atoms with van der Waals surface area (Å²) < 4.78 is 5.84. The van der Waals surface area contributed by atoms with Crippen molar-refractivity contribution >= 4 is 23.2 Å². The van der Waals surface area contributed by atoms with Crippen LogP contribution in [0.4, 0.5) is 0 Å². The first-order chi connectivity index (χ1) is 13.2. The van der Waals surface area contributed by atoms with Gasteiger partial charge in [-0.05, 0) is 60.6 Å². The van der Waals surface area contributed by atoms with Gasteiger partial charge in [0.2, 0.25) is 0 Å². The van der Waals surface area contributed by atoms with Crippen LogP contribution in [-0.2, 0) is 6.42 Å². The number of hydrogen-bond acceptors (Lipinski definition) is 4. The Hall–Kier alpha value is -3.25. The number of ether oxygens (including phenoxy) is 1. The van der Waals surface area contributed by atoms with Crippen LogP contribution in [0, 0.1) is 0 Å². The minimum atomic E-state index is -0.279. The van der Waals surface area contributed by atoms with Gasteiger partial charge < -0.3 is 10.1 Å². The molecular weight excluding hydrogens is 358 g/mol. The number of nitrogens with zero attached hydrogens (tertiary/aromatic N) is 1. The molecule has 1 aromatic heterocycles. The topological polar surface area (TPSA) is 63.2 Å². The Morgan fingerprint density at radius 3 is 2.59 bits per heavy atom. The number of hydrogen-bond donors (Lipinski definition) is 2. The fraction of sp³-hybridized carbons (Fsp3) is 0.0952. The molecule has 27 heavy (non-hydrogen) atoms. The van der Waals surface area contributed by atoms with Crippen molar-refractivity contribution in [2.45, 2.75) is 6.42 Å². The number of amides is 1. The van der Waals surface area contributed by atoms with E-state index >= 15 is 0 Å². The Morgan fingerprint density at radius 1 is 1.00 bits per heavy atom. The van der Waals surface area contributed by atoms with E-state index in [9.17, 15) is 4.79 Å². The predicted octanol–water partition coefficient (Wildman–Crippen LogP) is 3.72. The van der Waals surface area contributed by atoms with Gasteiger partial charge in [-0.25, -0.2) is 0 Å². The van der Waals surface area contributed by atoms with Crippen LogP contribution in [-0.4, -0.2) is 22.5 Å². The summed E-state index contributed by atoms with van der Waals surface area (Å²) in [5.41, 5.74) is 1.57. The molecule has 3 rings (SSSR count). The molecule has 0 aliphatic rings. The van der Waals surface area contributed by atoms with Crippen molar-refractivity contribution in [2.24, 2.45) is 0 Å². The molecule has 0 unspecified atom stereocenters. The van der Waals surface area contributed by atoms with Crippen LogP contribution in [0.15, 0.2) is 79.1 Å². The number of para-hydroxylation sites is 1. The zero-order chi connectivity index (χ0) is 18.9. The molecule has 0 aliphatic heterocycles. The van der Waals surface area contributed by atoms with Crippen LogP contribution < -0.4 is 15.4 Å². The molecule has 5 nitrogen and oxygen atoms in total. The molecule has 2 N–H and O–H groups in total. The minimum Gasteiger partial charge on any atom is -0.457 e. The van der Waals surface area contributed by atoms with E-state index in [0.717, 1.165) is 23.5 Å². The average molecular weight is 377 g/mol. The molecule has 0 atom stereocenters. The lowest BCUT2D eigenvalue weighted by Crippen LogP contribution is -2.40. The molecule has 6 heteroatoms. The zero-order valence-corrected chi connectivity index (χ0v) is 15.4. The number of rotatable bonds is 6. The van der Waals surface area contributed by atoms with Crippen molar-refractivity contribution in [1.82, 2.24) is 15.6 Å². The van der Waals surface area contributed by atoms with E-state index in [1.54, 1.807) is 18.3 Å². The Balaban J connectivity index is 1.47. The maximum atomic E-state index is 12.0. The Labute approximate surface area is 163 Å². The average Bonchev–Trinajstić information content (AvgIpc) is 2.70. The van der Waals surface area contributed by atoms with E-state index in [4.69, 9.17) is 17.0 Å². The van der Waals surface area contributed by atoms with E-state index < -0.39 is 0 Å². The fourth-order valence-corrected chi connectivity index (χ4v) is 2.62. The largest absolute Gasteiger partial charge is 0.457 e. The molecule has 1 amide bonds. The molecule has 3 aromatic rings. The highest BCUT2D eigenvalue weighted by Gasteiger charge is 2.07. The summed E-state index contributed by atoms with van der Waals surface area (Å²) >= 11 is 5.17. The molecule has 2 aromatic carbocycles. The first-order valence-corrected chi connectivity index (χ1v) is 8.92. The Bertz CT molecular complexity index is 902. The van der Waals surface area contributed by atoms with Gasteiger partial charge in [0.1, 0.15) is 11.5 Å². The van der Waals surface area contributed by atoms with Crippen molar-refractivity contribution in [3.63, 3.8) is 0 Å². The Morgan fingerprint density at radius 2 is 1.81 bits per heavy atom. The van der Waals surface area contributed by atoms with E-state index in [2.05, 4.69) is 15.6 Å². The highest BCUT2D eigenvalue weighted by molar-refractivity contribution is 7.80. The number of aromatic nitrogens is 1. The first kappa shape index (κ1) is 18.5. The van der Waals surface area contributed by atoms with Crippen LogP contribution in [0.2, 0.25) is 0 Å². The number of nitrogens with one attached hydrogen (secondary N) is 2. The molecular formula is C21H19N3O2S. The molecule has 0 spiro atoms. The van der Waals surface area contributed by atoms with Crippen LogP contribution in [0.1, 0.15) is 15.9 Å². The molecule has 0 saturated carbocycles. The quantitative estimate of drug-likeness (QED) is 0.641. The molecule has 0 fully saturated rings. The maximum Gasteiger partial charge on any atom is 0.258 e. The summed E-state index contributed by atoms with van der Waals surface area (Å²) in [6.07, 6.45) is 3.86. The van der Waals surface area contributed by atoms with Crippen LogP contribution in [0.25, 0.3) is 0 Å². The van der Waals surface area contributed by atoms with Gasteiger partial charge in [-0.1, -0.05) is 30.3 Å². The highest BCUT2D eigenvalue weighted by atomic mass is 32.1. The molecule has 136 valence electrons. The smallest absolute Gasteiger partial charge is 0.258 e. The maximum absolute atomic E-state index is 12.0. The van der Waals surface area contributed by atoms with Gasteiger partial charge in [-0.3, -0.25) is 15.1 Å². The van der Waals surface area contributed by atoms with E-state index in [0.29, 0.717) is 17.2 Å². The van der Waals surface area contributed by atoms with E-state index in [1.807, 2.05) is 54.6 Å². The third-order valence-electron chi connectivity index (χ3n) is 3.73. The van der Waals surface area contributed by atoms with Gasteiger partial charge in [0, 0.05) is 18.9 Å². The SMILES string of the molecule is O=C(NC(=S)NCCc1cccc(Oc2ccccc2)c1)c1cccnc1. The zero-order valence-electron chi connectivity index (χ0n) is 14.6.